The Morgan fingerprint density at radius 2 is 1.86 bits per heavy atom. The molecule has 2 aliphatic carbocycles. The van der Waals surface area contributed by atoms with Gasteiger partial charge in [0.25, 0.3) is 0 Å². The summed E-state index contributed by atoms with van der Waals surface area (Å²) >= 11 is 0. The fourth-order valence-electron chi connectivity index (χ4n) is 7.21. The summed E-state index contributed by atoms with van der Waals surface area (Å²) in [5, 5.41) is 42.3. The number of aliphatic hydroxyl groups is 3. The van der Waals surface area contributed by atoms with E-state index in [1.165, 1.54) is 22.3 Å². The molecule has 1 aromatic carbocycles. The molecule has 0 amide bonds. The zero-order chi connectivity index (χ0) is 27.2. The van der Waals surface area contributed by atoms with Gasteiger partial charge in [0.1, 0.15) is 0 Å². The van der Waals surface area contributed by atoms with E-state index < -0.39 is 29.7 Å². The highest BCUT2D eigenvalue weighted by Gasteiger charge is 2.63. The average molecular weight is 501 g/mol. The number of aliphatic hydroxyl groups excluding tert-OH is 2. The second-order valence-corrected chi connectivity index (χ2v) is 12.9. The van der Waals surface area contributed by atoms with Crippen molar-refractivity contribution >= 4 is 5.97 Å². The van der Waals surface area contributed by atoms with E-state index in [2.05, 4.69) is 53.3 Å². The molecule has 5 nitrogen and oxygen atoms in total. The first kappa shape index (κ1) is 28.9. The summed E-state index contributed by atoms with van der Waals surface area (Å²) in [4.78, 5) is 12.5. The third kappa shape index (κ3) is 5.04. The molecule has 36 heavy (non-hydrogen) atoms. The lowest BCUT2D eigenvalue weighted by Gasteiger charge is -2.51. The second-order valence-electron chi connectivity index (χ2n) is 12.9. The normalized spacial score (nSPS) is 29.5. The summed E-state index contributed by atoms with van der Waals surface area (Å²) in [7, 11) is 0. The first-order valence-electron chi connectivity index (χ1n) is 13.7. The molecule has 0 spiro atoms. The standard InChI is InChI=1S/C31H48O5/c1-18(2)19(3)9-11-23(28(34)35)27-25(32)17-31(8)24-13-10-20(4)21(12-14-26(33)29(5,6)36)22(24)15-16-30(27,31)7/h10,13,18,23,25-27,32-33,36H,3,9,11-12,14-17H2,1-2,4-8H3,(H,34,35). The summed E-state index contributed by atoms with van der Waals surface area (Å²) in [6.45, 7) is 18.1. The maximum absolute atomic E-state index is 12.5. The van der Waals surface area contributed by atoms with Gasteiger partial charge in [0, 0.05) is 11.3 Å². The molecule has 1 saturated carbocycles. The zero-order valence-electron chi connectivity index (χ0n) is 23.4. The van der Waals surface area contributed by atoms with Crippen LogP contribution in [0.5, 0.6) is 0 Å². The fourth-order valence-corrected chi connectivity index (χ4v) is 7.21. The molecule has 0 aromatic heterocycles. The van der Waals surface area contributed by atoms with Crippen LogP contribution in [0.1, 0.15) is 95.9 Å². The van der Waals surface area contributed by atoms with Gasteiger partial charge in [-0.2, -0.15) is 0 Å². The van der Waals surface area contributed by atoms with Gasteiger partial charge in [-0.15, -0.1) is 0 Å². The van der Waals surface area contributed by atoms with E-state index in [0.717, 1.165) is 18.4 Å². The average Bonchev–Trinajstić information content (AvgIpc) is 2.97. The third-order valence-corrected chi connectivity index (χ3v) is 10.0. The Hall–Kier alpha value is -1.69. The molecule has 202 valence electrons. The number of rotatable bonds is 10. The molecular formula is C31H48O5. The number of allylic oxidation sites excluding steroid dienone is 1. The Morgan fingerprint density at radius 3 is 2.42 bits per heavy atom. The minimum absolute atomic E-state index is 0.312. The number of aliphatic carboxylic acids is 1. The van der Waals surface area contributed by atoms with Crippen molar-refractivity contribution in [3.63, 3.8) is 0 Å². The van der Waals surface area contributed by atoms with Crippen molar-refractivity contribution in [2.24, 2.45) is 23.2 Å². The van der Waals surface area contributed by atoms with Gasteiger partial charge >= 0.3 is 5.97 Å². The van der Waals surface area contributed by atoms with E-state index in [1.807, 2.05) is 0 Å². The summed E-state index contributed by atoms with van der Waals surface area (Å²) in [5.74, 6) is -1.45. The number of carbonyl (C=O) groups is 1. The van der Waals surface area contributed by atoms with Gasteiger partial charge in [-0.3, -0.25) is 4.79 Å². The highest BCUT2D eigenvalue weighted by Crippen LogP contribution is 2.64. The van der Waals surface area contributed by atoms with Crippen LogP contribution in [0.4, 0.5) is 0 Å². The highest BCUT2D eigenvalue weighted by molar-refractivity contribution is 5.71. The van der Waals surface area contributed by atoms with Gasteiger partial charge in [-0.05, 0) is 99.3 Å². The van der Waals surface area contributed by atoms with Crippen LogP contribution in [0.15, 0.2) is 24.3 Å². The van der Waals surface area contributed by atoms with Crippen molar-refractivity contribution in [1.82, 2.24) is 0 Å². The number of carboxylic acids is 1. The fraction of sp³-hybridized carbons (Fsp3) is 0.710. The van der Waals surface area contributed by atoms with Crippen molar-refractivity contribution in [2.75, 3.05) is 0 Å². The van der Waals surface area contributed by atoms with Crippen LogP contribution in [0.25, 0.3) is 0 Å². The lowest BCUT2D eigenvalue weighted by molar-refractivity contribution is -0.148. The molecule has 2 aliphatic rings. The largest absolute Gasteiger partial charge is 0.481 e. The molecule has 0 aliphatic heterocycles. The van der Waals surface area contributed by atoms with E-state index in [9.17, 15) is 25.2 Å². The van der Waals surface area contributed by atoms with Crippen molar-refractivity contribution < 1.29 is 25.2 Å². The van der Waals surface area contributed by atoms with Crippen LogP contribution in [0.2, 0.25) is 0 Å². The van der Waals surface area contributed by atoms with Gasteiger partial charge < -0.3 is 20.4 Å². The van der Waals surface area contributed by atoms with Crippen molar-refractivity contribution in [3.05, 3.63) is 46.5 Å². The zero-order valence-corrected chi connectivity index (χ0v) is 23.4. The van der Waals surface area contributed by atoms with E-state index in [-0.39, 0.29) is 16.7 Å². The third-order valence-electron chi connectivity index (χ3n) is 10.0. The summed E-state index contributed by atoms with van der Waals surface area (Å²) in [6.07, 6.45) is 3.00. The van der Waals surface area contributed by atoms with Gasteiger partial charge in [0.2, 0.25) is 0 Å². The molecule has 1 aromatic rings. The topological polar surface area (TPSA) is 98.0 Å². The molecule has 6 atom stereocenters. The molecule has 4 N–H and O–H groups in total. The van der Waals surface area contributed by atoms with E-state index in [4.69, 9.17) is 0 Å². The van der Waals surface area contributed by atoms with Crippen LogP contribution >= 0.6 is 0 Å². The first-order chi connectivity index (χ1) is 16.5. The molecule has 3 rings (SSSR count). The van der Waals surface area contributed by atoms with Gasteiger partial charge in [0.05, 0.1) is 23.7 Å². The van der Waals surface area contributed by atoms with Crippen LogP contribution < -0.4 is 0 Å². The molecule has 1 fully saturated rings. The Bertz CT molecular complexity index is 989. The van der Waals surface area contributed by atoms with Crippen molar-refractivity contribution in [3.8, 4) is 0 Å². The maximum Gasteiger partial charge on any atom is 0.306 e. The summed E-state index contributed by atoms with van der Waals surface area (Å²) in [5.41, 5.74) is 4.12. The maximum atomic E-state index is 12.5. The monoisotopic (exact) mass is 500 g/mol. The van der Waals surface area contributed by atoms with Crippen LogP contribution in [0.3, 0.4) is 0 Å². The Balaban J connectivity index is 1.97. The molecule has 5 heteroatoms. The van der Waals surface area contributed by atoms with Gasteiger partial charge in [-0.25, -0.2) is 0 Å². The van der Waals surface area contributed by atoms with Crippen molar-refractivity contribution in [2.45, 2.75) is 117 Å². The molecule has 0 radical (unpaired) electrons. The van der Waals surface area contributed by atoms with Crippen LogP contribution in [-0.2, 0) is 23.1 Å². The minimum Gasteiger partial charge on any atom is -0.481 e. The molecular weight excluding hydrogens is 452 g/mol. The van der Waals surface area contributed by atoms with Crippen LogP contribution in [-0.4, -0.2) is 44.2 Å². The van der Waals surface area contributed by atoms with Crippen molar-refractivity contribution in [1.29, 1.82) is 0 Å². The highest BCUT2D eigenvalue weighted by atomic mass is 16.4. The number of aryl methyl sites for hydroxylation is 1. The lowest BCUT2D eigenvalue weighted by atomic mass is 9.53. The molecule has 0 bridgehead atoms. The smallest absolute Gasteiger partial charge is 0.306 e. The number of carboxylic acid groups (broad SMARTS) is 1. The molecule has 0 saturated heterocycles. The van der Waals surface area contributed by atoms with Crippen LogP contribution in [0, 0.1) is 30.1 Å². The number of hydrogen-bond acceptors (Lipinski definition) is 4. The lowest BCUT2D eigenvalue weighted by Crippen LogP contribution is -2.48. The second kappa shape index (κ2) is 10.2. The minimum atomic E-state index is -1.15. The quantitative estimate of drug-likeness (QED) is 0.325. The van der Waals surface area contributed by atoms with E-state index in [0.29, 0.717) is 38.0 Å². The Kier molecular flexibility index (Phi) is 8.20. The summed E-state index contributed by atoms with van der Waals surface area (Å²) in [6, 6.07) is 4.31. The van der Waals surface area contributed by atoms with Gasteiger partial charge in [-0.1, -0.05) is 52.0 Å². The molecule has 0 heterocycles. The SMILES string of the molecule is C=C(CCC(C(=O)O)C1C(O)CC2(C)c3ccc(C)c(CCC(O)C(C)(C)O)c3CCC12C)C(C)C. The Labute approximate surface area is 217 Å². The summed E-state index contributed by atoms with van der Waals surface area (Å²) < 4.78 is 0. The first-order valence-corrected chi connectivity index (χ1v) is 13.7. The van der Waals surface area contributed by atoms with E-state index >= 15 is 0 Å². The molecule has 6 unspecified atom stereocenters. The Morgan fingerprint density at radius 1 is 1.22 bits per heavy atom. The predicted molar refractivity (Wildman–Crippen MR) is 144 cm³/mol. The number of fused-ring (bicyclic) bond motifs is 3. The number of benzene rings is 1. The number of hydrogen-bond donors (Lipinski definition) is 4. The van der Waals surface area contributed by atoms with E-state index in [1.54, 1.807) is 13.8 Å². The predicted octanol–water partition coefficient (Wildman–Crippen LogP) is 5.34. The van der Waals surface area contributed by atoms with Gasteiger partial charge in [0.15, 0.2) is 0 Å².